The molecule has 0 aromatic heterocycles. The summed E-state index contributed by atoms with van der Waals surface area (Å²) in [6.45, 7) is 2.12. The van der Waals surface area contributed by atoms with Crippen molar-refractivity contribution in [2.75, 3.05) is 18.6 Å². The Balaban J connectivity index is 3.31. The van der Waals surface area contributed by atoms with Crippen LogP contribution in [0, 0.1) is 0 Å². The predicted molar refractivity (Wildman–Crippen MR) is 52.2 cm³/mol. The Labute approximate surface area is 78.0 Å². The first-order chi connectivity index (χ1) is 5.72. The largest absolute Gasteiger partial charge is 0.468 e. The van der Waals surface area contributed by atoms with E-state index >= 15 is 0 Å². The third-order valence-corrected chi connectivity index (χ3v) is 2.50. The summed E-state index contributed by atoms with van der Waals surface area (Å²) in [6.07, 6.45) is 1.70. The molecule has 3 nitrogen and oxygen atoms in total. The van der Waals surface area contributed by atoms with E-state index in [1.165, 1.54) is 7.11 Å². The minimum atomic E-state index is -0.438. The van der Waals surface area contributed by atoms with E-state index in [0.29, 0.717) is 0 Å². The molecular formula is C8H17NO2S. The maximum Gasteiger partial charge on any atom is 0.322 e. The van der Waals surface area contributed by atoms with E-state index in [0.717, 1.165) is 24.3 Å². The topological polar surface area (TPSA) is 52.3 Å². The third-order valence-electron chi connectivity index (χ3n) is 1.51. The highest BCUT2D eigenvalue weighted by molar-refractivity contribution is 7.99. The molecule has 0 aromatic rings. The zero-order valence-electron chi connectivity index (χ0n) is 7.71. The second-order valence-electron chi connectivity index (χ2n) is 2.47. The van der Waals surface area contributed by atoms with Crippen molar-refractivity contribution in [2.24, 2.45) is 5.73 Å². The van der Waals surface area contributed by atoms with Crippen LogP contribution in [-0.2, 0) is 9.53 Å². The monoisotopic (exact) mass is 191 g/mol. The molecule has 0 heterocycles. The van der Waals surface area contributed by atoms with Gasteiger partial charge in [-0.2, -0.15) is 11.8 Å². The van der Waals surface area contributed by atoms with Gasteiger partial charge in [-0.25, -0.2) is 0 Å². The van der Waals surface area contributed by atoms with Crippen LogP contribution >= 0.6 is 11.8 Å². The number of rotatable bonds is 6. The lowest BCUT2D eigenvalue weighted by atomic mass is 10.2. The Kier molecular flexibility index (Phi) is 7.29. The van der Waals surface area contributed by atoms with Gasteiger partial charge < -0.3 is 10.5 Å². The number of methoxy groups -OCH3 is 1. The molecule has 0 rings (SSSR count). The summed E-state index contributed by atoms with van der Waals surface area (Å²) >= 11 is 1.86. The summed E-state index contributed by atoms with van der Waals surface area (Å²) < 4.78 is 4.50. The smallest absolute Gasteiger partial charge is 0.322 e. The fourth-order valence-electron chi connectivity index (χ4n) is 0.819. The predicted octanol–water partition coefficient (Wildman–Crippen LogP) is 1.02. The van der Waals surface area contributed by atoms with E-state index in [4.69, 9.17) is 5.73 Å². The maximum atomic E-state index is 10.8. The molecule has 4 heteroatoms. The van der Waals surface area contributed by atoms with Gasteiger partial charge >= 0.3 is 5.97 Å². The lowest BCUT2D eigenvalue weighted by Gasteiger charge is -2.07. The summed E-state index contributed by atoms with van der Waals surface area (Å²) in [7, 11) is 1.36. The van der Waals surface area contributed by atoms with Crippen LogP contribution in [0.3, 0.4) is 0 Å². The van der Waals surface area contributed by atoms with Crippen molar-refractivity contribution in [3.8, 4) is 0 Å². The average Bonchev–Trinajstić information content (AvgIpc) is 2.10. The average molecular weight is 191 g/mol. The van der Waals surface area contributed by atoms with Crippen LogP contribution in [0.5, 0.6) is 0 Å². The Morgan fingerprint density at radius 2 is 2.33 bits per heavy atom. The highest BCUT2D eigenvalue weighted by Gasteiger charge is 2.11. The molecule has 0 spiro atoms. The zero-order valence-corrected chi connectivity index (χ0v) is 8.52. The van der Waals surface area contributed by atoms with E-state index < -0.39 is 6.04 Å². The molecule has 0 aromatic carbocycles. The van der Waals surface area contributed by atoms with Gasteiger partial charge in [0.05, 0.1) is 7.11 Å². The molecule has 0 saturated heterocycles. The van der Waals surface area contributed by atoms with Crippen LogP contribution in [0.25, 0.3) is 0 Å². The molecule has 1 unspecified atom stereocenters. The standard InChI is InChI=1S/C8H17NO2S/c1-3-12-6-4-5-7(9)8(10)11-2/h7H,3-6,9H2,1-2H3. The molecule has 2 N–H and O–H groups in total. The first-order valence-corrected chi connectivity index (χ1v) is 5.29. The molecule has 1 atom stereocenters. The first-order valence-electron chi connectivity index (χ1n) is 4.13. The van der Waals surface area contributed by atoms with Crippen LogP contribution in [0.4, 0.5) is 0 Å². The number of esters is 1. The van der Waals surface area contributed by atoms with Crippen molar-refractivity contribution < 1.29 is 9.53 Å². The number of hydrogen-bond acceptors (Lipinski definition) is 4. The van der Waals surface area contributed by atoms with E-state index in [9.17, 15) is 4.79 Å². The molecule has 0 radical (unpaired) electrons. The van der Waals surface area contributed by atoms with Crippen molar-refractivity contribution in [1.82, 2.24) is 0 Å². The number of nitrogens with two attached hydrogens (primary N) is 1. The second-order valence-corrected chi connectivity index (χ2v) is 3.86. The number of thioether (sulfide) groups is 1. The van der Waals surface area contributed by atoms with Crippen molar-refractivity contribution in [3.05, 3.63) is 0 Å². The number of hydrogen-bond donors (Lipinski definition) is 1. The summed E-state index contributed by atoms with van der Waals surface area (Å²) in [4.78, 5) is 10.8. The van der Waals surface area contributed by atoms with Gasteiger partial charge in [0, 0.05) is 0 Å². The van der Waals surface area contributed by atoms with Crippen molar-refractivity contribution >= 4 is 17.7 Å². The van der Waals surface area contributed by atoms with Gasteiger partial charge in [-0.15, -0.1) is 0 Å². The second kappa shape index (κ2) is 7.43. The SMILES string of the molecule is CCSCCCC(N)C(=O)OC. The molecule has 0 aliphatic rings. The lowest BCUT2D eigenvalue weighted by Crippen LogP contribution is -2.31. The van der Waals surface area contributed by atoms with Crippen LogP contribution in [0.15, 0.2) is 0 Å². The van der Waals surface area contributed by atoms with Gasteiger partial charge in [-0.3, -0.25) is 4.79 Å². The van der Waals surface area contributed by atoms with Crippen molar-refractivity contribution in [1.29, 1.82) is 0 Å². The van der Waals surface area contributed by atoms with E-state index in [1.807, 2.05) is 11.8 Å². The fraction of sp³-hybridized carbons (Fsp3) is 0.875. The van der Waals surface area contributed by atoms with E-state index in [-0.39, 0.29) is 5.97 Å². The highest BCUT2D eigenvalue weighted by Crippen LogP contribution is 2.05. The van der Waals surface area contributed by atoms with Gasteiger partial charge in [0.1, 0.15) is 6.04 Å². The molecule has 72 valence electrons. The van der Waals surface area contributed by atoms with Gasteiger partial charge in [0.25, 0.3) is 0 Å². The lowest BCUT2D eigenvalue weighted by molar-refractivity contribution is -0.142. The quantitative estimate of drug-likeness (QED) is 0.503. The van der Waals surface area contributed by atoms with Gasteiger partial charge in [-0.1, -0.05) is 6.92 Å². The molecule has 0 aliphatic carbocycles. The van der Waals surface area contributed by atoms with Gasteiger partial charge in [0.15, 0.2) is 0 Å². The van der Waals surface area contributed by atoms with Crippen LogP contribution < -0.4 is 5.73 Å². The Bertz CT molecular complexity index is 130. The number of ether oxygens (including phenoxy) is 1. The maximum absolute atomic E-state index is 10.8. The van der Waals surface area contributed by atoms with E-state index in [2.05, 4.69) is 11.7 Å². The van der Waals surface area contributed by atoms with E-state index in [1.54, 1.807) is 0 Å². The van der Waals surface area contributed by atoms with Crippen LogP contribution in [-0.4, -0.2) is 30.6 Å². The number of carbonyl (C=O) groups excluding carboxylic acids is 1. The molecule has 0 aliphatic heterocycles. The molecule has 0 bridgehead atoms. The van der Waals surface area contributed by atoms with Crippen LogP contribution in [0.1, 0.15) is 19.8 Å². The van der Waals surface area contributed by atoms with Gasteiger partial charge in [0.2, 0.25) is 0 Å². The summed E-state index contributed by atoms with van der Waals surface area (Å²) in [6, 6.07) is -0.438. The Morgan fingerprint density at radius 1 is 1.67 bits per heavy atom. The number of carbonyl (C=O) groups is 1. The van der Waals surface area contributed by atoms with Crippen LogP contribution in [0.2, 0.25) is 0 Å². The first kappa shape index (κ1) is 11.8. The molecule has 0 saturated carbocycles. The van der Waals surface area contributed by atoms with Crippen molar-refractivity contribution in [3.63, 3.8) is 0 Å². The summed E-state index contributed by atoms with van der Waals surface area (Å²) in [5, 5.41) is 0. The summed E-state index contributed by atoms with van der Waals surface area (Å²) in [5.41, 5.74) is 5.53. The Hall–Kier alpha value is -0.220. The molecule has 12 heavy (non-hydrogen) atoms. The third kappa shape index (κ3) is 5.43. The molecular weight excluding hydrogens is 174 g/mol. The van der Waals surface area contributed by atoms with Crippen molar-refractivity contribution in [2.45, 2.75) is 25.8 Å². The Morgan fingerprint density at radius 3 is 2.83 bits per heavy atom. The molecule has 0 amide bonds. The normalized spacial score (nSPS) is 12.6. The minimum absolute atomic E-state index is 0.309. The molecule has 0 fully saturated rings. The fourth-order valence-corrected chi connectivity index (χ4v) is 1.48. The highest BCUT2D eigenvalue weighted by atomic mass is 32.2. The minimum Gasteiger partial charge on any atom is -0.468 e. The van der Waals surface area contributed by atoms with Gasteiger partial charge in [-0.05, 0) is 24.3 Å². The summed E-state index contributed by atoms with van der Waals surface area (Å²) in [5.74, 6) is 1.88. The zero-order chi connectivity index (χ0) is 9.40.